The summed E-state index contributed by atoms with van der Waals surface area (Å²) in [5.74, 6) is 1.44. The first-order valence-corrected chi connectivity index (χ1v) is 8.27. The third-order valence-electron chi connectivity index (χ3n) is 4.05. The highest BCUT2D eigenvalue weighted by Crippen LogP contribution is 2.32. The maximum Gasteiger partial charge on any atom is 0.315 e. The number of amides is 2. The van der Waals surface area contributed by atoms with Gasteiger partial charge in [0.25, 0.3) is 0 Å². The highest BCUT2D eigenvalue weighted by atomic mass is 16.7. The van der Waals surface area contributed by atoms with Gasteiger partial charge in [-0.2, -0.15) is 5.10 Å². The SMILES string of the molecule is O=C(NCc1ccc(-n2cccn2)cc1)NCc1ccc2c(c1)OCO2. The van der Waals surface area contributed by atoms with Gasteiger partial charge >= 0.3 is 6.03 Å². The van der Waals surface area contributed by atoms with E-state index < -0.39 is 0 Å². The number of fused-ring (bicyclic) bond motifs is 1. The van der Waals surface area contributed by atoms with Crippen molar-refractivity contribution >= 4 is 6.03 Å². The van der Waals surface area contributed by atoms with Crippen LogP contribution in [0.25, 0.3) is 5.69 Å². The van der Waals surface area contributed by atoms with Gasteiger partial charge in [-0.3, -0.25) is 0 Å². The molecule has 2 N–H and O–H groups in total. The number of carbonyl (C=O) groups excluding carboxylic acids is 1. The molecule has 3 aromatic rings. The van der Waals surface area contributed by atoms with Crippen LogP contribution >= 0.6 is 0 Å². The summed E-state index contributed by atoms with van der Waals surface area (Å²) in [7, 11) is 0. The van der Waals surface area contributed by atoms with Crippen LogP contribution in [0, 0.1) is 0 Å². The first-order valence-electron chi connectivity index (χ1n) is 8.27. The molecule has 2 aromatic carbocycles. The summed E-state index contributed by atoms with van der Waals surface area (Å²) < 4.78 is 12.4. The molecule has 1 aliphatic heterocycles. The minimum absolute atomic E-state index is 0.223. The predicted molar refractivity (Wildman–Crippen MR) is 95.2 cm³/mol. The van der Waals surface area contributed by atoms with Gasteiger partial charge in [-0.15, -0.1) is 0 Å². The third kappa shape index (κ3) is 3.61. The maximum absolute atomic E-state index is 12.0. The maximum atomic E-state index is 12.0. The summed E-state index contributed by atoms with van der Waals surface area (Å²) in [5, 5.41) is 9.87. The van der Waals surface area contributed by atoms with Crippen LogP contribution in [0.15, 0.2) is 60.9 Å². The Morgan fingerprint density at radius 3 is 2.50 bits per heavy atom. The molecule has 1 aliphatic rings. The summed E-state index contributed by atoms with van der Waals surface area (Å²) in [6.45, 7) is 1.11. The summed E-state index contributed by atoms with van der Waals surface area (Å²) in [5.41, 5.74) is 2.94. The summed E-state index contributed by atoms with van der Waals surface area (Å²) in [6, 6.07) is 15.1. The van der Waals surface area contributed by atoms with Crippen molar-refractivity contribution in [3.8, 4) is 17.2 Å². The number of aromatic nitrogens is 2. The second-order valence-corrected chi connectivity index (χ2v) is 5.84. The van der Waals surface area contributed by atoms with Gasteiger partial charge in [0, 0.05) is 25.5 Å². The van der Waals surface area contributed by atoms with Gasteiger partial charge in [-0.25, -0.2) is 9.48 Å². The molecule has 0 spiro atoms. The Labute approximate surface area is 150 Å². The van der Waals surface area contributed by atoms with Crippen molar-refractivity contribution in [2.24, 2.45) is 0 Å². The van der Waals surface area contributed by atoms with E-state index in [1.807, 2.05) is 54.7 Å². The van der Waals surface area contributed by atoms with E-state index in [1.165, 1.54) is 0 Å². The number of carbonyl (C=O) groups is 1. The molecule has 7 nitrogen and oxygen atoms in total. The van der Waals surface area contributed by atoms with Crippen molar-refractivity contribution in [2.45, 2.75) is 13.1 Å². The van der Waals surface area contributed by atoms with E-state index in [4.69, 9.17) is 9.47 Å². The molecule has 0 bridgehead atoms. The number of hydrogen-bond acceptors (Lipinski definition) is 4. The molecular formula is C19H18N4O3. The fourth-order valence-corrected chi connectivity index (χ4v) is 2.67. The lowest BCUT2D eigenvalue weighted by Crippen LogP contribution is -2.34. The van der Waals surface area contributed by atoms with Crippen LogP contribution in [-0.4, -0.2) is 22.6 Å². The lowest BCUT2D eigenvalue weighted by Gasteiger charge is -2.09. The number of rotatable bonds is 5. The largest absolute Gasteiger partial charge is 0.454 e. The Balaban J connectivity index is 1.26. The molecule has 0 fully saturated rings. The van der Waals surface area contributed by atoms with Crippen molar-refractivity contribution < 1.29 is 14.3 Å². The Morgan fingerprint density at radius 1 is 1.00 bits per heavy atom. The third-order valence-corrected chi connectivity index (χ3v) is 4.05. The van der Waals surface area contributed by atoms with Crippen molar-refractivity contribution in [1.82, 2.24) is 20.4 Å². The van der Waals surface area contributed by atoms with Crippen LogP contribution in [0.5, 0.6) is 11.5 Å². The van der Waals surface area contributed by atoms with Crippen molar-refractivity contribution in [3.63, 3.8) is 0 Å². The van der Waals surface area contributed by atoms with Crippen molar-refractivity contribution in [1.29, 1.82) is 0 Å². The molecule has 2 amide bonds. The molecule has 0 unspecified atom stereocenters. The van der Waals surface area contributed by atoms with E-state index in [-0.39, 0.29) is 12.8 Å². The molecule has 132 valence electrons. The summed E-state index contributed by atoms with van der Waals surface area (Å²) in [4.78, 5) is 12.0. The molecule has 0 atom stereocenters. The molecule has 0 aliphatic carbocycles. The number of nitrogens with zero attached hydrogens (tertiary/aromatic N) is 2. The van der Waals surface area contributed by atoms with Gasteiger partial charge in [0.2, 0.25) is 6.79 Å². The molecular weight excluding hydrogens is 332 g/mol. The highest BCUT2D eigenvalue weighted by Gasteiger charge is 2.13. The Bertz CT molecular complexity index is 892. The predicted octanol–water partition coefficient (Wildman–Crippen LogP) is 2.60. The smallest absolute Gasteiger partial charge is 0.315 e. The highest BCUT2D eigenvalue weighted by molar-refractivity contribution is 5.73. The van der Waals surface area contributed by atoms with E-state index in [0.717, 1.165) is 22.6 Å². The fourth-order valence-electron chi connectivity index (χ4n) is 2.67. The van der Waals surface area contributed by atoms with Crippen LogP contribution in [0.4, 0.5) is 4.79 Å². The van der Waals surface area contributed by atoms with E-state index in [9.17, 15) is 4.79 Å². The number of urea groups is 1. The minimum Gasteiger partial charge on any atom is -0.454 e. The second kappa shape index (κ2) is 7.18. The van der Waals surface area contributed by atoms with E-state index >= 15 is 0 Å². The van der Waals surface area contributed by atoms with Gasteiger partial charge in [-0.1, -0.05) is 18.2 Å². The van der Waals surface area contributed by atoms with Gasteiger partial charge in [0.15, 0.2) is 11.5 Å². The molecule has 0 saturated carbocycles. The van der Waals surface area contributed by atoms with Gasteiger partial charge < -0.3 is 20.1 Å². The van der Waals surface area contributed by atoms with Crippen molar-refractivity contribution in [2.75, 3.05) is 6.79 Å². The number of nitrogens with one attached hydrogen (secondary N) is 2. The van der Waals surface area contributed by atoms with Gasteiger partial charge in [-0.05, 0) is 41.5 Å². The zero-order valence-electron chi connectivity index (χ0n) is 14.0. The lowest BCUT2D eigenvalue weighted by atomic mass is 10.2. The Morgan fingerprint density at radius 2 is 1.73 bits per heavy atom. The van der Waals surface area contributed by atoms with Crippen LogP contribution in [0.2, 0.25) is 0 Å². The summed E-state index contributed by atoms with van der Waals surface area (Å²) in [6.07, 6.45) is 3.62. The zero-order valence-corrected chi connectivity index (χ0v) is 14.0. The van der Waals surface area contributed by atoms with Crippen LogP contribution < -0.4 is 20.1 Å². The van der Waals surface area contributed by atoms with Gasteiger partial charge in [0.1, 0.15) is 0 Å². The number of ether oxygens (including phenoxy) is 2. The first kappa shape index (κ1) is 16.0. The first-order chi connectivity index (χ1) is 12.8. The summed E-state index contributed by atoms with van der Waals surface area (Å²) >= 11 is 0. The van der Waals surface area contributed by atoms with E-state index in [0.29, 0.717) is 18.8 Å². The Kier molecular flexibility index (Phi) is 4.42. The van der Waals surface area contributed by atoms with Crippen molar-refractivity contribution in [3.05, 3.63) is 72.1 Å². The monoisotopic (exact) mass is 350 g/mol. The minimum atomic E-state index is -0.223. The van der Waals surface area contributed by atoms with Crippen LogP contribution in [0.1, 0.15) is 11.1 Å². The molecule has 4 rings (SSSR count). The van der Waals surface area contributed by atoms with E-state index in [1.54, 1.807) is 10.9 Å². The molecule has 0 radical (unpaired) electrons. The number of hydrogen-bond donors (Lipinski definition) is 2. The zero-order chi connectivity index (χ0) is 17.8. The lowest BCUT2D eigenvalue weighted by molar-refractivity contribution is 0.174. The van der Waals surface area contributed by atoms with Gasteiger partial charge in [0.05, 0.1) is 5.69 Å². The molecule has 26 heavy (non-hydrogen) atoms. The Hall–Kier alpha value is -3.48. The normalized spacial score (nSPS) is 12.0. The molecule has 2 heterocycles. The topological polar surface area (TPSA) is 77.4 Å². The van der Waals surface area contributed by atoms with Crippen LogP contribution in [-0.2, 0) is 13.1 Å². The van der Waals surface area contributed by atoms with E-state index in [2.05, 4.69) is 15.7 Å². The fraction of sp³-hybridized carbons (Fsp3) is 0.158. The average molecular weight is 350 g/mol. The standard InChI is InChI=1S/C19H18N4O3/c24-19(21-12-15-4-7-17-18(10-15)26-13-25-17)20-11-14-2-5-16(6-3-14)23-9-1-8-22-23/h1-10H,11-13H2,(H2,20,21,24). The molecule has 7 heteroatoms. The number of benzene rings is 2. The van der Waals surface area contributed by atoms with Crippen LogP contribution in [0.3, 0.4) is 0 Å². The molecule has 1 aromatic heterocycles. The quantitative estimate of drug-likeness (QED) is 0.741. The second-order valence-electron chi connectivity index (χ2n) is 5.84. The molecule has 0 saturated heterocycles. The average Bonchev–Trinajstić information content (AvgIpc) is 3.36.